The Morgan fingerprint density at radius 2 is 1.78 bits per heavy atom. The molecule has 1 aliphatic carbocycles. The van der Waals surface area contributed by atoms with E-state index in [2.05, 4.69) is 45.1 Å². The minimum atomic E-state index is 0.0925. The van der Waals surface area contributed by atoms with Gasteiger partial charge in [0.25, 0.3) is 5.91 Å². The summed E-state index contributed by atoms with van der Waals surface area (Å²) in [4.78, 5) is 22.7. The van der Waals surface area contributed by atoms with Gasteiger partial charge in [-0.25, -0.2) is 0 Å². The molecule has 0 bridgehead atoms. The molecule has 1 saturated heterocycles. The predicted molar refractivity (Wildman–Crippen MR) is 124 cm³/mol. The number of benzene rings is 1. The number of nitrogens with zero attached hydrogens (tertiary/aromatic N) is 3. The fourth-order valence-electron chi connectivity index (χ4n) is 5.05. The highest BCUT2D eigenvalue weighted by Crippen LogP contribution is 2.36. The van der Waals surface area contributed by atoms with Gasteiger partial charge in [-0.15, -0.1) is 0 Å². The lowest BCUT2D eigenvalue weighted by molar-refractivity contribution is 0.0477. The lowest BCUT2D eigenvalue weighted by Crippen LogP contribution is -2.50. The number of furan rings is 1. The Morgan fingerprint density at radius 1 is 1.00 bits per heavy atom. The fourth-order valence-corrected chi connectivity index (χ4v) is 5.05. The van der Waals surface area contributed by atoms with E-state index >= 15 is 0 Å². The van der Waals surface area contributed by atoms with Crippen LogP contribution in [-0.4, -0.2) is 45.9 Å². The molecule has 3 aromatic rings. The topological polar surface area (TPSA) is 49.6 Å². The smallest absolute Gasteiger partial charge is 0.272 e. The average Bonchev–Trinajstić information content (AvgIpc) is 3.55. The van der Waals surface area contributed by atoms with Crippen LogP contribution in [0.2, 0.25) is 0 Å². The van der Waals surface area contributed by atoms with Crippen molar-refractivity contribution in [2.45, 2.75) is 50.7 Å². The summed E-state index contributed by atoms with van der Waals surface area (Å²) < 4.78 is 5.24. The number of hydrogen-bond acceptors (Lipinski definition) is 4. The Hall–Kier alpha value is -2.92. The number of carbonyl (C=O) groups excluding carboxylic acids is 1. The first kappa shape index (κ1) is 21.0. The number of hydrogen-bond donors (Lipinski definition) is 0. The van der Waals surface area contributed by atoms with E-state index in [9.17, 15) is 4.79 Å². The predicted octanol–water partition coefficient (Wildman–Crippen LogP) is 4.80. The summed E-state index contributed by atoms with van der Waals surface area (Å²) in [5.41, 5.74) is 3.10. The summed E-state index contributed by atoms with van der Waals surface area (Å²) in [5, 5.41) is 0. The van der Waals surface area contributed by atoms with Crippen LogP contribution < -0.4 is 0 Å². The van der Waals surface area contributed by atoms with Crippen molar-refractivity contribution >= 4 is 5.91 Å². The molecule has 1 aliphatic heterocycles. The zero-order chi connectivity index (χ0) is 21.8. The van der Waals surface area contributed by atoms with Gasteiger partial charge in [-0.2, -0.15) is 0 Å². The molecule has 2 aliphatic rings. The number of likely N-dealkylation sites (tertiary alicyclic amines) is 1. The van der Waals surface area contributed by atoms with E-state index in [4.69, 9.17) is 4.42 Å². The van der Waals surface area contributed by atoms with Crippen molar-refractivity contribution in [3.05, 3.63) is 90.1 Å². The SMILES string of the molecule is O=C(c1ccccn1)N(C1CC1)[C@H](Cc1ccccc1)C1CCN(Cc2ccoc2)CC1. The van der Waals surface area contributed by atoms with Crippen molar-refractivity contribution in [1.82, 2.24) is 14.8 Å². The zero-order valence-corrected chi connectivity index (χ0v) is 18.5. The van der Waals surface area contributed by atoms with E-state index in [0.717, 1.165) is 51.7 Å². The van der Waals surface area contributed by atoms with Crippen molar-refractivity contribution in [1.29, 1.82) is 0 Å². The van der Waals surface area contributed by atoms with Crippen molar-refractivity contribution in [2.75, 3.05) is 13.1 Å². The Kier molecular flexibility index (Phi) is 6.35. The second kappa shape index (κ2) is 9.70. The lowest BCUT2D eigenvalue weighted by atomic mass is 9.84. The molecule has 0 spiro atoms. The van der Waals surface area contributed by atoms with E-state index in [1.54, 1.807) is 12.5 Å². The van der Waals surface area contributed by atoms with E-state index in [1.165, 1.54) is 11.1 Å². The molecule has 1 amide bonds. The van der Waals surface area contributed by atoms with Crippen LogP contribution in [-0.2, 0) is 13.0 Å². The molecular formula is C27H31N3O2. The van der Waals surface area contributed by atoms with Gasteiger partial charge < -0.3 is 9.32 Å². The summed E-state index contributed by atoms with van der Waals surface area (Å²) in [6.07, 6.45) is 10.6. The third kappa shape index (κ3) is 4.94. The molecule has 2 aromatic heterocycles. The van der Waals surface area contributed by atoms with Crippen LogP contribution in [0.15, 0.2) is 77.7 Å². The minimum Gasteiger partial charge on any atom is -0.472 e. The molecule has 0 N–H and O–H groups in total. The van der Waals surface area contributed by atoms with E-state index < -0.39 is 0 Å². The Labute approximate surface area is 190 Å². The summed E-state index contributed by atoms with van der Waals surface area (Å²) in [6.45, 7) is 3.04. The molecule has 166 valence electrons. The number of aromatic nitrogens is 1. The van der Waals surface area contributed by atoms with Crippen LogP contribution in [0.4, 0.5) is 0 Å². The molecule has 3 heterocycles. The number of pyridine rings is 1. The first-order chi connectivity index (χ1) is 15.8. The molecule has 0 radical (unpaired) electrons. The van der Waals surface area contributed by atoms with Crippen LogP contribution in [0.5, 0.6) is 0 Å². The molecule has 1 aromatic carbocycles. The van der Waals surface area contributed by atoms with Gasteiger partial charge in [-0.1, -0.05) is 36.4 Å². The maximum atomic E-state index is 13.6. The summed E-state index contributed by atoms with van der Waals surface area (Å²) >= 11 is 0. The first-order valence-corrected chi connectivity index (χ1v) is 11.8. The van der Waals surface area contributed by atoms with Gasteiger partial charge in [0.05, 0.1) is 12.5 Å². The second-order valence-electron chi connectivity index (χ2n) is 9.16. The number of amides is 1. The molecule has 1 atom stereocenters. The Bertz CT molecular complexity index is 978. The average molecular weight is 430 g/mol. The highest BCUT2D eigenvalue weighted by molar-refractivity contribution is 5.93. The van der Waals surface area contributed by atoms with Gasteiger partial charge in [0.2, 0.25) is 0 Å². The molecule has 32 heavy (non-hydrogen) atoms. The molecular weight excluding hydrogens is 398 g/mol. The minimum absolute atomic E-state index is 0.0925. The Morgan fingerprint density at radius 3 is 2.44 bits per heavy atom. The number of piperidine rings is 1. The van der Waals surface area contributed by atoms with Crippen LogP contribution in [0.25, 0.3) is 0 Å². The summed E-state index contributed by atoms with van der Waals surface area (Å²) in [7, 11) is 0. The van der Waals surface area contributed by atoms with E-state index in [-0.39, 0.29) is 11.9 Å². The first-order valence-electron chi connectivity index (χ1n) is 11.8. The maximum absolute atomic E-state index is 13.6. The van der Waals surface area contributed by atoms with Crippen molar-refractivity contribution in [3.63, 3.8) is 0 Å². The van der Waals surface area contributed by atoms with Crippen molar-refractivity contribution in [2.24, 2.45) is 5.92 Å². The third-order valence-corrected chi connectivity index (χ3v) is 6.87. The molecule has 0 unspecified atom stereocenters. The van der Waals surface area contributed by atoms with Crippen LogP contribution in [0, 0.1) is 5.92 Å². The highest BCUT2D eigenvalue weighted by atomic mass is 16.3. The van der Waals surface area contributed by atoms with E-state index in [1.807, 2.05) is 30.5 Å². The molecule has 5 nitrogen and oxygen atoms in total. The maximum Gasteiger partial charge on any atom is 0.272 e. The highest BCUT2D eigenvalue weighted by Gasteiger charge is 2.41. The molecule has 2 fully saturated rings. The van der Waals surface area contributed by atoms with Crippen LogP contribution in [0.1, 0.15) is 47.3 Å². The monoisotopic (exact) mass is 429 g/mol. The van der Waals surface area contributed by atoms with E-state index in [0.29, 0.717) is 17.7 Å². The molecule has 5 heteroatoms. The summed E-state index contributed by atoms with van der Waals surface area (Å²) in [5.74, 6) is 0.582. The standard InChI is InChI=1S/C27H31N3O2/c31-27(25-8-4-5-14-28-25)30(24-9-10-24)26(18-21-6-2-1-3-7-21)23-11-15-29(16-12-23)19-22-13-17-32-20-22/h1-8,13-14,17,20,23-24,26H,9-12,15-16,18-19H2/t26-/m1/s1. The van der Waals surface area contributed by atoms with Gasteiger partial charge in [0.1, 0.15) is 5.69 Å². The van der Waals surface area contributed by atoms with Gasteiger partial charge in [0.15, 0.2) is 0 Å². The quantitative estimate of drug-likeness (QED) is 0.516. The van der Waals surface area contributed by atoms with Gasteiger partial charge in [-0.3, -0.25) is 14.7 Å². The Balaban J connectivity index is 1.36. The number of rotatable bonds is 8. The van der Waals surface area contributed by atoms with Crippen molar-refractivity contribution in [3.8, 4) is 0 Å². The van der Waals surface area contributed by atoms with Crippen molar-refractivity contribution < 1.29 is 9.21 Å². The zero-order valence-electron chi connectivity index (χ0n) is 18.5. The van der Waals surface area contributed by atoms with Crippen LogP contribution >= 0.6 is 0 Å². The van der Waals surface area contributed by atoms with Gasteiger partial charge in [0, 0.05) is 30.4 Å². The third-order valence-electron chi connectivity index (χ3n) is 6.87. The van der Waals surface area contributed by atoms with Crippen LogP contribution in [0.3, 0.4) is 0 Å². The summed E-state index contributed by atoms with van der Waals surface area (Å²) in [6, 6.07) is 18.9. The lowest BCUT2D eigenvalue weighted by Gasteiger charge is -2.41. The number of carbonyl (C=O) groups is 1. The second-order valence-corrected chi connectivity index (χ2v) is 9.16. The fraction of sp³-hybridized carbons (Fsp3) is 0.407. The van der Waals surface area contributed by atoms with Gasteiger partial charge in [-0.05, 0) is 74.9 Å². The normalized spacial score (nSPS) is 18.4. The molecule has 5 rings (SSSR count). The molecule has 1 saturated carbocycles. The largest absolute Gasteiger partial charge is 0.472 e. The van der Waals surface area contributed by atoms with Gasteiger partial charge >= 0.3 is 0 Å².